The van der Waals surface area contributed by atoms with Crippen molar-refractivity contribution in [2.24, 2.45) is 0 Å². The second-order valence-corrected chi connectivity index (χ2v) is 5.14. The highest BCUT2D eigenvalue weighted by Gasteiger charge is 2.13. The van der Waals surface area contributed by atoms with Gasteiger partial charge in [-0.25, -0.2) is 8.78 Å². The highest BCUT2D eigenvalue weighted by Crippen LogP contribution is 2.23. The van der Waals surface area contributed by atoms with Crippen LogP contribution in [0.3, 0.4) is 0 Å². The van der Waals surface area contributed by atoms with Gasteiger partial charge in [0.15, 0.2) is 5.78 Å². The van der Waals surface area contributed by atoms with E-state index in [0.717, 1.165) is 17.3 Å². The third-order valence-electron chi connectivity index (χ3n) is 2.62. The number of thioether (sulfide) groups is 1. The molecule has 0 atom stereocenters. The minimum Gasteiger partial charge on any atom is -0.293 e. The van der Waals surface area contributed by atoms with Crippen molar-refractivity contribution in [3.8, 4) is 0 Å². The third kappa shape index (κ3) is 3.41. The van der Waals surface area contributed by atoms with Crippen molar-refractivity contribution in [3.63, 3.8) is 0 Å². The van der Waals surface area contributed by atoms with Crippen LogP contribution in [0.2, 0.25) is 0 Å². The van der Waals surface area contributed by atoms with E-state index in [9.17, 15) is 13.6 Å². The first kappa shape index (κ1) is 13.7. The fourth-order valence-corrected chi connectivity index (χ4v) is 2.46. The van der Waals surface area contributed by atoms with Gasteiger partial charge in [-0.2, -0.15) is 0 Å². The summed E-state index contributed by atoms with van der Waals surface area (Å²) in [4.78, 5) is 12.3. The quantitative estimate of drug-likeness (QED) is 0.614. The second-order valence-electron chi connectivity index (χ2n) is 4.13. The van der Waals surface area contributed by atoms with Crippen LogP contribution in [0.25, 0.3) is 0 Å². The van der Waals surface area contributed by atoms with E-state index in [-0.39, 0.29) is 22.9 Å². The van der Waals surface area contributed by atoms with Gasteiger partial charge in [0.25, 0.3) is 0 Å². The van der Waals surface area contributed by atoms with Gasteiger partial charge in [0, 0.05) is 4.90 Å². The largest absolute Gasteiger partial charge is 0.293 e. The van der Waals surface area contributed by atoms with Gasteiger partial charge in [-0.15, -0.1) is 11.8 Å². The molecule has 0 unspecified atom stereocenters. The summed E-state index contributed by atoms with van der Waals surface area (Å²) in [5.41, 5.74) is 0.879. The Morgan fingerprint density at radius 3 is 2.58 bits per heavy atom. The van der Waals surface area contributed by atoms with Gasteiger partial charge in [-0.3, -0.25) is 4.79 Å². The van der Waals surface area contributed by atoms with Crippen LogP contribution in [0.4, 0.5) is 8.78 Å². The average Bonchev–Trinajstić information content (AvgIpc) is 2.40. The molecule has 0 aromatic heterocycles. The maximum atomic E-state index is 13.5. The maximum Gasteiger partial charge on any atom is 0.176 e. The van der Waals surface area contributed by atoms with Gasteiger partial charge < -0.3 is 0 Å². The summed E-state index contributed by atoms with van der Waals surface area (Å²) >= 11 is 1.07. The van der Waals surface area contributed by atoms with Crippen molar-refractivity contribution in [2.45, 2.75) is 11.8 Å². The molecule has 4 heteroatoms. The van der Waals surface area contributed by atoms with Crippen LogP contribution in [0, 0.1) is 18.6 Å². The number of aryl methyl sites for hydroxylation is 1. The molecular formula is C15H12F2OS. The van der Waals surface area contributed by atoms with Gasteiger partial charge in [0.2, 0.25) is 0 Å². The lowest BCUT2D eigenvalue weighted by molar-refractivity contribution is 0.101. The number of halogens is 2. The zero-order valence-electron chi connectivity index (χ0n) is 10.3. The normalized spacial score (nSPS) is 10.5. The Labute approximate surface area is 114 Å². The lowest BCUT2D eigenvalue weighted by Crippen LogP contribution is -2.06. The van der Waals surface area contributed by atoms with Gasteiger partial charge in [-0.1, -0.05) is 23.8 Å². The van der Waals surface area contributed by atoms with E-state index in [1.54, 1.807) is 31.2 Å². The first-order valence-electron chi connectivity index (χ1n) is 5.74. The monoisotopic (exact) mass is 278 g/mol. The van der Waals surface area contributed by atoms with E-state index in [1.165, 1.54) is 18.2 Å². The summed E-state index contributed by atoms with van der Waals surface area (Å²) in [6.07, 6.45) is 0. The molecule has 19 heavy (non-hydrogen) atoms. The van der Waals surface area contributed by atoms with Gasteiger partial charge in [0.1, 0.15) is 11.6 Å². The Morgan fingerprint density at radius 2 is 1.84 bits per heavy atom. The smallest absolute Gasteiger partial charge is 0.176 e. The molecule has 0 amide bonds. The lowest BCUT2D eigenvalue weighted by atomic mass is 10.1. The van der Waals surface area contributed by atoms with Crippen LogP contribution in [0.1, 0.15) is 15.9 Å². The number of benzene rings is 2. The number of hydrogen-bond donors (Lipinski definition) is 0. The maximum absolute atomic E-state index is 13.5. The Kier molecular flexibility index (Phi) is 4.32. The van der Waals surface area contributed by atoms with E-state index in [2.05, 4.69) is 0 Å². The highest BCUT2D eigenvalue weighted by molar-refractivity contribution is 8.00. The van der Waals surface area contributed by atoms with E-state index >= 15 is 0 Å². The molecular weight excluding hydrogens is 266 g/mol. The second kappa shape index (κ2) is 5.97. The Morgan fingerprint density at radius 1 is 1.11 bits per heavy atom. The Balaban J connectivity index is 2.10. The van der Waals surface area contributed by atoms with Crippen molar-refractivity contribution >= 4 is 17.5 Å². The number of carbonyl (C=O) groups excluding carboxylic acids is 1. The predicted octanol–water partition coefficient (Wildman–Crippen LogP) is 4.25. The molecule has 2 rings (SSSR count). The molecule has 98 valence electrons. The van der Waals surface area contributed by atoms with Crippen molar-refractivity contribution < 1.29 is 13.6 Å². The van der Waals surface area contributed by atoms with Crippen LogP contribution in [0.15, 0.2) is 47.4 Å². The molecule has 2 aromatic rings. The number of hydrogen-bond acceptors (Lipinski definition) is 2. The van der Waals surface area contributed by atoms with E-state index in [4.69, 9.17) is 0 Å². The van der Waals surface area contributed by atoms with E-state index in [0.29, 0.717) is 4.90 Å². The Hall–Kier alpha value is -1.68. The van der Waals surface area contributed by atoms with Crippen molar-refractivity contribution in [1.29, 1.82) is 0 Å². The minimum absolute atomic E-state index is 0.0152. The first-order chi connectivity index (χ1) is 9.08. The summed E-state index contributed by atoms with van der Waals surface area (Å²) in [7, 11) is 0. The summed E-state index contributed by atoms with van der Waals surface area (Å²) in [5, 5.41) is 0. The van der Waals surface area contributed by atoms with Gasteiger partial charge in [0.05, 0.1) is 11.3 Å². The average molecular weight is 278 g/mol. The molecule has 0 aliphatic carbocycles. The van der Waals surface area contributed by atoms with Crippen LogP contribution in [-0.4, -0.2) is 11.5 Å². The lowest BCUT2D eigenvalue weighted by Gasteiger charge is -2.05. The van der Waals surface area contributed by atoms with Crippen molar-refractivity contribution in [3.05, 3.63) is 65.2 Å². The van der Waals surface area contributed by atoms with E-state index < -0.39 is 5.82 Å². The molecule has 0 N–H and O–H groups in total. The molecule has 0 spiro atoms. The SMILES string of the molecule is Cc1ccc(F)c(C(=O)CSc2ccccc2F)c1. The fraction of sp³-hybridized carbons (Fsp3) is 0.133. The zero-order valence-corrected chi connectivity index (χ0v) is 11.1. The van der Waals surface area contributed by atoms with Gasteiger partial charge in [-0.05, 0) is 31.2 Å². The fourth-order valence-electron chi connectivity index (χ4n) is 1.64. The molecule has 0 radical (unpaired) electrons. The molecule has 0 saturated heterocycles. The number of ketones is 1. The van der Waals surface area contributed by atoms with Crippen LogP contribution in [0.5, 0.6) is 0 Å². The molecule has 2 aromatic carbocycles. The molecule has 0 aliphatic rings. The summed E-state index contributed by atoms with van der Waals surface area (Å²) in [5.74, 6) is -1.23. The van der Waals surface area contributed by atoms with Crippen LogP contribution >= 0.6 is 11.8 Å². The topological polar surface area (TPSA) is 17.1 Å². The standard InChI is InChI=1S/C15H12F2OS/c1-10-6-7-12(16)11(8-10)14(18)9-19-15-5-3-2-4-13(15)17/h2-8H,9H2,1H3. The zero-order chi connectivity index (χ0) is 13.8. The highest BCUT2D eigenvalue weighted by atomic mass is 32.2. The first-order valence-corrected chi connectivity index (χ1v) is 6.73. The van der Waals surface area contributed by atoms with Crippen LogP contribution < -0.4 is 0 Å². The molecule has 0 fully saturated rings. The number of Topliss-reactive ketones (excluding diaryl/α,β-unsaturated/α-hetero) is 1. The summed E-state index contributed by atoms with van der Waals surface area (Å²) < 4.78 is 26.9. The van der Waals surface area contributed by atoms with E-state index in [1.807, 2.05) is 0 Å². The molecule has 0 heterocycles. The predicted molar refractivity (Wildman–Crippen MR) is 72.6 cm³/mol. The van der Waals surface area contributed by atoms with Crippen molar-refractivity contribution in [2.75, 3.05) is 5.75 Å². The van der Waals surface area contributed by atoms with Gasteiger partial charge >= 0.3 is 0 Å². The Bertz CT molecular complexity index is 611. The molecule has 0 aliphatic heterocycles. The minimum atomic E-state index is -0.537. The summed E-state index contributed by atoms with van der Waals surface area (Å²) in [6, 6.07) is 10.6. The molecule has 1 nitrogen and oxygen atoms in total. The molecule has 0 saturated carbocycles. The molecule has 0 bridgehead atoms. The van der Waals surface area contributed by atoms with Crippen molar-refractivity contribution in [1.82, 2.24) is 0 Å². The van der Waals surface area contributed by atoms with Crippen LogP contribution in [-0.2, 0) is 0 Å². The number of carbonyl (C=O) groups is 1. The summed E-state index contributed by atoms with van der Waals surface area (Å²) in [6.45, 7) is 1.79. The third-order valence-corrected chi connectivity index (χ3v) is 3.67. The number of rotatable bonds is 4.